The Morgan fingerprint density at radius 3 is 2.41 bits per heavy atom. The Labute approximate surface area is 226 Å². The van der Waals surface area contributed by atoms with Crippen molar-refractivity contribution < 1.29 is 33.8 Å². The lowest BCUT2D eigenvalue weighted by molar-refractivity contribution is -0.150. The lowest BCUT2D eigenvalue weighted by Crippen LogP contribution is -2.56. The second-order valence-electron chi connectivity index (χ2n) is 10.8. The van der Waals surface area contributed by atoms with Crippen molar-refractivity contribution in [1.29, 1.82) is 0 Å². The number of nitrogens with one attached hydrogen (secondary N) is 1. The summed E-state index contributed by atoms with van der Waals surface area (Å²) in [6.45, 7) is 5.62. The first-order valence-electron chi connectivity index (χ1n) is 12.9. The van der Waals surface area contributed by atoms with Gasteiger partial charge in [-0.25, -0.2) is 9.59 Å². The number of amides is 2. The SMILES string of the molecule is CC(C)(C)[C@@H]1NC(=O)OCC=CCOc2ccc3c(c2)C(=NO[C@@H]2C[C@@H](C(=O)O)N(C2)C1=O)c1ccccc1-3. The van der Waals surface area contributed by atoms with Gasteiger partial charge in [-0.3, -0.25) is 4.79 Å². The molecule has 2 aromatic rings. The minimum Gasteiger partial charge on any atom is -0.490 e. The Balaban J connectivity index is 1.52. The van der Waals surface area contributed by atoms with Crippen molar-refractivity contribution >= 4 is 23.7 Å². The number of oxime groups is 1. The van der Waals surface area contributed by atoms with Gasteiger partial charge in [-0.15, -0.1) is 0 Å². The summed E-state index contributed by atoms with van der Waals surface area (Å²) in [4.78, 5) is 45.5. The van der Waals surface area contributed by atoms with E-state index in [1.165, 1.54) is 4.90 Å². The van der Waals surface area contributed by atoms with Gasteiger partial charge < -0.3 is 29.6 Å². The maximum Gasteiger partial charge on any atom is 0.408 e. The summed E-state index contributed by atoms with van der Waals surface area (Å²) >= 11 is 0. The summed E-state index contributed by atoms with van der Waals surface area (Å²) in [5.41, 5.74) is 3.63. The molecule has 5 rings (SSSR count). The number of alkyl carbamates (subject to hydrolysis) is 1. The molecule has 204 valence electrons. The minimum absolute atomic E-state index is 0.0102. The van der Waals surface area contributed by atoms with Gasteiger partial charge in [0.2, 0.25) is 5.91 Å². The fraction of sp³-hybridized carbons (Fsp3) is 0.379. The highest BCUT2D eigenvalue weighted by Gasteiger charge is 2.46. The molecule has 4 bridgehead atoms. The van der Waals surface area contributed by atoms with Crippen molar-refractivity contribution in [3.8, 4) is 16.9 Å². The molecule has 0 saturated carbocycles. The molecular weight excluding hydrogens is 502 g/mol. The first kappa shape index (κ1) is 26.3. The second-order valence-corrected chi connectivity index (χ2v) is 10.8. The van der Waals surface area contributed by atoms with Crippen LogP contribution < -0.4 is 10.1 Å². The highest BCUT2D eigenvalue weighted by molar-refractivity contribution is 6.24. The van der Waals surface area contributed by atoms with E-state index >= 15 is 0 Å². The van der Waals surface area contributed by atoms with E-state index in [1.807, 2.05) is 42.5 Å². The van der Waals surface area contributed by atoms with Crippen LogP contribution in [0.25, 0.3) is 11.1 Å². The number of rotatable bonds is 1. The van der Waals surface area contributed by atoms with Crippen LogP contribution in [0, 0.1) is 5.41 Å². The van der Waals surface area contributed by atoms with Gasteiger partial charge in [0.25, 0.3) is 0 Å². The van der Waals surface area contributed by atoms with Gasteiger partial charge >= 0.3 is 12.1 Å². The fourth-order valence-corrected chi connectivity index (χ4v) is 5.07. The molecule has 10 heteroatoms. The number of cyclic esters (lactones) is 1. The Morgan fingerprint density at radius 2 is 1.69 bits per heavy atom. The molecule has 0 aromatic heterocycles. The van der Waals surface area contributed by atoms with Gasteiger partial charge in [-0.1, -0.05) is 50.2 Å². The van der Waals surface area contributed by atoms with E-state index in [0.29, 0.717) is 11.5 Å². The Bertz CT molecular complexity index is 1360. The topological polar surface area (TPSA) is 127 Å². The van der Waals surface area contributed by atoms with Crippen molar-refractivity contribution in [3.63, 3.8) is 0 Å². The predicted molar refractivity (Wildman–Crippen MR) is 143 cm³/mol. The number of hydrogen-bond acceptors (Lipinski definition) is 7. The number of carbonyl (C=O) groups excluding carboxylic acids is 2. The van der Waals surface area contributed by atoms with Gasteiger partial charge in [0.15, 0.2) is 0 Å². The van der Waals surface area contributed by atoms with Crippen molar-refractivity contribution in [1.82, 2.24) is 10.2 Å². The summed E-state index contributed by atoms with van der Waals surface area (Å²) < 4.78 is 11.1. The minimum atomic E-state index is -1.15. The number of carbonyl (C=O) groups is 3. The molecule has 2 amide bonds. The van der Waals surface area contributed by atoms with E-state index in [0.717, 1.165) is 22.3 Å². The highest BCUT2D eigenvalue weighted by Crippen LogP contribution is 2.39. The standard InChI is InChI=1S/C29H31N3O7/c1-29(2,3)25-26(33)32-16-18(15-23(32)27(34)35)39-31-24-21-9-5-4-8-19(21)20-11-10-17(14-22(20)24)37-12-6-7-13-38-28(36)30-25/h4-11,14,18,23,25H,12-13,15-16H2,1-3H3,(H,30,36)(H,34,35)/t18-,23+,25-/m1/s1. The molecule has 3 aliphatic rings. The van der Waals surface area contributed by atoms with Crippen LogP contribution in [-0.4, -0.2) is 71.6 Å². The van der Waals surface area contributed by atoms with Crippen LogP contribution >= 0.6 is 0 Å². The number of ether oxygens (including phenoxy) is 2. The molecule has 0 unspecified atom stereocenters. The van der Waals surface area contributed by atoms with Gasteiger partial charge in [0.1, 0.15) is 42.9 Å². The monoisotopic (exact) mass is 533 g/mol. The lowest BCUT2D eigenvalue weighted by Gasteiger charge is -2.34. The average molecular weight is 534 g/mol. The fourth-order valence-electron chi connectivity index (χ4n) is 5.07. The van der Waals surface area contributed by atoms with Crippen LogP contribution in [0.3, 0.4) is 0 Å². The number of hydrogen-bond donors (Lipinski definition) is 2. The van der Waals surface area contributed by atoms with Crippen LogP contribution in [0.2, 0.25) is 0 Å². The summed E-state index contributed by atoms with van der Waals surface area (Å²) in [5.74, 6) is -1.04. The molecule has 2 N–H and O–H groups in total. The van der Waals surface area contributed by atoms with Crippen LogP contribution in [0.15, 0.2) is 59.8 Å². The van der Waals surface area contributed by atoms with Crippen molar-refractivity contribution in [2.75, 3.05) is 19.8 Å². The number of fused-ring (bicyclic) bond motifs is 6. The highest BCUT2D eigenvalue weighted by atomic mass is 16.6. The Hall–Kier alpha value is -4.34. The molecule has 39 heavy (non-hydrogen) atoms. The van der Waals surface area contributed by atoms with Crippen molar-refractivity contribution in [2.45, 2.75) is 45.4 Å². The van der Waals surface area contributed by atoms with E-state index < -0.39 is 41.6 Å². The normalized spacial score (nSPS) is 23.2. The lowest BCUT2D eigenvalue weighted by atomic mass is 9.85. The second kappa shape index (κ2) is 10.4. The zero-order valence-electron chi connectivity index (χ0n) is 22.0. The third-order valence-electron chi connectivity index (χ3n) is 7.04. The van der Waals surface area contributed by atoms with Gasteiger partial charge in [-0.05, 0) is 46.9 Å². The largest absolute Gasteiger partial charge is 0.490 e. The van der Waals surface area contributed by atoms with Crippen LogP contribution in [0.4, 0.5) is 4.79 Å². The maximum atomic E-state index is 13.6. The summed E-state index contributed by atoms with van der Waals surface area (Å²) in [7, 11) is 0. The summed E-state index contributed by atoms with van der Waals surface area (Å²) in [6, 6.07) is 11.4. The van der Waals surface area contributed by atoms with Gasteiger partial charge in [0.05, 0.1) is 6.54 Å². The quantitative estimate of drug-likeness (QED) is 0.458. The number of carboxylic acid groups (broad SMARTS) is 1. The Kier molecular flexibility index (Phi) is 7.03. The molecule has 1 saturated heterocycles. The van der Waals surface area contributed by atoms with Gasteiger partial charge in [0, 0.05) is 17.5 Å². The Morgan fingerprint density at radius 1 is 1.00 bits per heavy atom. The van der Waals surface area contributed by atoms with E-state index in [2.05, 4.69) is 10.5 Å². The summed E-state index contributed by atoms with van der Waals surface area (Å²) in [5, 5.41) is 17.0. The third-order valence-corrected chi connectivity index (χ3v) is 7.04. The predicted octanol–water partition coefficient (Wildman–Crippen LogP) is 3.58. The van der Waals surface area contributed by atoms with Gasteiger partial charge in [-0.2, -0.15) is 0 Å². The molecular formula is C29H31N3O7. The number of aliphatic carboxylic acids is 1. The summed E-state index contributed by atoms with van der Waals surface area (Å²) in [6.07, 6.45) is 2.01. The average Bonchev–Trinajstić information content (AvgIpc) is 3.46. The van der Waals surface area contributed by atoms with E-state index in [1.54, 1.807) is 32.9 Å². The maximum absolute atomic E-state index is 13.6. The first-order valence-corrected chi connectivity index (χ1v) is 12.9. The number of carboxylic acids is 1. The van der Waals surface area contributed by atoms with E-state index in [-0.39, 0.29) is 26.2 Å². The molecule has 10 nitrogen and oxygen atoms in total. The van der Waals surface area contributed by atoms with E-state index in [4.69, 9.17) is 14.3 Å². The van der Waals surface area contributed by atoms with Crippen molar-refractivity contribution in [2.24, 2.45) is 10.6 Å². The molecule has 0 radical (unpaired) electrons. The number of benzene rings is 2. The molecule has 2 heterocycles. The molecule has 2 aliphatic heterocycles. The smallest absolute Gasteiger partial charge is 0.408 e. The van der Waals surface area contributed by atoms with Crippen LogP contribution in [-0.2, 0) is 19.2 Å². The zero-order chi connectivity index (χ0) is 27.7. The number of nitrogens with zero attached hydrogens (tertiary/aromatic N) is 2. The van der Waals surface area contributed by atoms with Crippen LogP contribution in [0.5, 0.6) is 5.75 Å². The molecule has 1 fully saturated rings. The zero-order valence-corrected chi connectivity index (χ0v) is 22.0. The molecule has 2 aromatic carbocycles. The third kappa shape index (κ3) is 5.32. The van der Waals surface area contributed by atoms with E-state index in [9.17, 15) is 19.5 Å². The van der Waals surface area contributed by atoms with Crippen LogP contribution in [0.1, 0.15) is 38.3 Å². The molecule has 3 atom stereocenters. The molecule has 1 aliphatic carbocycles. The first-order chi connectivity index (χ1) is 18.6. The molecule has 0 spiro atoms. The van der Waals surface area contributed by atoms with Crippen molar-refractivity contribution in [3.05, 3.63) is 65.7 Å².